The molecule has 0 atom stereocenters. The molecule has 0 aromatic carbocycles. The van der Waals surface area contributed by atoms with Crippen LogP contribution in [0.5, 0.6) is 0 Å². The highest BCUT2D eigenvalue weighted by Crippen LogP contribution is 2.33. The van der Waals surface area contributed by atoms with E-state index in [2.05, 4.69) is 15.7 Å². The summed E-state index contributed by atoms with van der Waals surface area (Å²) in [7, 11) is 0. The number of nitrogens with zero attached hydrogens (tertiary/aromatic N) is 3. The summed E-state index contributed by atoms with van der Waals surface area (Å²) in [5.41, 5.74) is 0.659. The van der Waals surface area contributed by atoms with Crippen molar-refractivity contribution in [3.63, 3.8) is 0 Å². The highest BCUT2D eigenvalue weighted by Gasteiger charge is 2.33. The first-order valence-corrected chi connectivity index (χ1v) is 5.43. The number of nitriles is 1. The summed E-state index contributed by atoms with van der Waals surface area (Å²) in [6.45, 7) is 1.37. The van der Waals surface area contributed by atoms with E-state index in [-0.39, 0.29) is 5.41 Å². The molecule has 0 spiro atoms. The molecule has 1 aromatic rings. The lowest BCUT2D eigenvalue weighted by atomic mass is 9.78. The van der Waals surface area contributed by atoms with Crippen LogP contribution in [0.15, 0.2) is 5.38 Å². The lowest BCUT2D eigenvalue weighted by Gasteiger charge is -2.29. The molecule has 2 rings (SSSR count). The van der Waals surface area contributed by atoms with Crippen LogP contribution in [0.25, 0.3) is 0 Å². The molecule has 1 aromatic heterocycles. The van der Waals surface area contributed by atoms with E-state index in [0.29, 0.717) is 19.6 Å². The van der Waals surface area contributed by atoms with Crippen molar-refractivity contribution in [3.8, 4) is 6.07 Å². The molecule has 0 radical (unpaired) electrons. The summed E-state index contributed by atoms with van der Waals surface area (Å²) in [4.78, 5) is 0. The van der Waals surface area contributed by atoms with Crippen molar-refractivity contribution in [1.29, 1.82) is 5.26 Å². The molecular weight excluding hydrogens is 198 g/mol. The minimum Gasteiger partial charge on any atom is -0.381 e. The highest BCUT2D eigenvalue weighted by atomic mass is 32.1. The molecule has 0 aliphatic carbocycles. The highest BCUT2D eigenvalue weighted by molar-refractivity contribution is 7.03. The zero-order valence-corrected chi connectivity index (χ0v) is 8.59. The van der Waals surface area contributed by atoms with Gasteiger partial charge in [-0.1, -0.05) is 4.49 Å². The van der Waals surface area contributed by atoms with Crippen LogP contribution in [0.3, 0.4) is 0 Å². The summed E-state index contributed by atoms with van der Waals surface area (Å²) in [6.07, 6.45) is 2.32. The Morgan fingerprint density at radius 2 is 2.36 bits per heavy atom. The zero-order valence-electron chi connectivity index (χ0n) is 7.77. The fraction of sp³-hybridized carbons (Fsp3) is 0.667. The number of aromatic nitrogens is 2. The van der Waals surface area contributed by atoms with Gasteiger partial charge in [-0.3, -0.25) is 0 Å². The molecule has 0 saturated carbocycles. The van der Waals surface area contributed by atoms with Gasteiger partial charge in [-0.2, -0.15) is 5.26 Å². The smallest absolute Gasteiger partial charge is 0.0771 e. The molecule has 0 amide bonds. The van der Waals surface area contributed by atoms with E-state index >= 15 is 0 Å². The maximum Gasteiger partial charge on any atom is 0.0771 e. The van der Waals surface area contributed by atoms with Gasteiger partial charge in [-0.15, -0.1) is 5.10 Å². The summed E-state index contributed by atoms with van der Waals surface area (Å²) < 4.78 is 9.07. The van der Waals surface area contributed by atoms with Crippen molar-refractivity contribution in [1.82, 2.24) is 9.59 Å². The number of ether oxygens (including phenoxy) is 1. The van der Waals surface area contributed by atoms with E-state index in [1.54, 1.807) is 0 Å². The van der Waals surface area contributed by atoms with Crippen LogP contribution < -0.4 is 0 Å². The Balaban J connectivity index is 2.09. The van der Waals surface area contributed by atoms with Gasteiger partial charge in [0.05, 0.1) is 17.2 Å². The molecule has 1 saturated heterocycles. The molecule has 1 aliphatic rings. The number of hydrogen-bond donors (Lipinski definition) is 0. The summed E-state index contributed by atoms with van der Waals surface area (Å²) >= 11 is 1.34. The largest absolute Gasteiger partial charge is 0.381 e. The Labute approximate surface area is 86.7 Å². The van der Waals surface area contributed by atoms with E-state index in [0.717, 1.165) is 18.5 Å². The van der Waals surface area contributed by atoms with Crippen LogP contribution >= 0.6 is 11.5 Å². The standard InChI is InChI=1S/C9H11N3OS/c10-7-9(1-3-13-4-2-9)5-8-6-14-12-11-8/h6H,1-5H2. The molecule has 14 heavy (non-hydrogen) atoms. The first kappa shape index (κ1) is 9.56. The SMILES string of the molecule is N#CC1(Cc2csnn2)CCOCC1. The molecule has 0 N–H and O–H groups in total. The Bertz CT molecular complexity index is 324. The van der Waals surface area contributed by atoms with Gasteiger partial charge in [-0.05, 0) is 24.4 Å². The fourth-order valence-corrected chi connectivity index (χ4v) is 2.15. The van der Waals surface area contributed by atoms with Gasteiger partial charge in [-0.25, -0.2) is 0 Å². The van der Waals surface area contributed by atoms with Crippen LogP contribution in [0.1, 0.15) is 18.5 Å². The lowest BCUT2D eigenvalue weighted by Crippen LogP contribution is -2.30. The first-order valence-electron chi connectivity index (χ1n) is 4.60. The molecule has 74 valence electrons. The second-order valence-electron chi connectivity index (χ2n) is 3.58. The van der Waals surface area contributed by atoms with Gasteiger partial charge >= 0.3 is 0 Å². The second-order valence-corrected chi connectivity index (χ2v) is 4.19. The van der Waals surface area contributed by atoms with E-state index in [4.69, 9.17) is 4.74 Å². The predicted molar refractivity (Wildman–Crippen MR) is 51.7 cm³/mol. The number of hydrogen-bond acceptors (Lipinski definition) is 5. The van der Waals surface area contributed by atoms with Gasteiger partial charge < -0.3 is 4.74 Å². The summed E-state index contributed by atoms with van der Waals surface area (Å²) in [5, 5.41) is 15.1. The van der Waals surface area contributed by atoms with Crippen LogP contribution in [0.4, 0.5) is 0 Å². The van der Waals surface area contributed by atoms with E-state index < -0.39 is 0 Å². The van der Waals surface area contributed by atoms with Crippen molar-refractivity contribution in [3.05, 3.63) is 11.1 Å². The molecule has 1 aliphatic heterocycles. The minimum atomic E-state index is -0.270. The summed E-state index contributed by atoms with van der Waals surface area (Å²) in [5.74, 6) is 0. The maximum atomic E-state index is 9.19. The Morgan fingerprint density at radius 1 is 1.57 bits per heavy atom. The van der Waals surface area contributed by atoms with Gasteiger partial charge in [0.15, 0.2) is 0 Å². The molecule has 2 heterocycles. The zero-order chi connectivity index (χ0) is 9.86. The van der Waals surface area contributed by atoms with Crippen molar-refractivity contribution in [2.45, 2.75) is 19.3 Å². The van der Waals surface area contributed by atoms with Crippen LogP contribution in [-0.4, -0.2) is 22.8 Å². The van der Waals surface area contributed by atoms with Gasteiger partial charge in [0.2, 0.25) is 0 Å². The topological polar surface area (TPSA) is 58.8 Å². The Hall–Kier alpha value is -0.990. The average Bonchev–Trinajstić information content (AvgIpc) is 2.72. The van der Waals surface area contributed by atoms with E-state index in [9.17, 15) is 5.26 Å². The van der Waals surface area contributed by atoms with E-state index in [1.165, 1.54) is 11.5 Å². The molecule has 5 heteroatoms. The molecule has 1 fully saturated rings. The number of rotatable bonds is 2. The normalized spacial score (nSPS) is 20.2. The van der Waals surface area contributed by atoms with Crippen molar-refractivity contribution >= 4 is 11.5 Å². The van der Waals surface area contributed by atoms with Crippen molar-refractivity contribution in [2.75, 3.05) is 13.2 Å². The minimum absolute atomic E-state index is 0.270. The first-order chi connectivity index (χ1) is 6.85. The average molecular weight is 209 g/mol. The quantitative estimate of drug-likeness (QED) is 0.738. The van der Waals surface area contributed by atoms with Crippen LogP contribution in [0, 0.1) is 16.7 Å². The molecule has 0 unspecified atom stereocenters. The third kappa shape index (κ3) is 1.91. The van der Waals surface area contributed by atoms with Crippen LogP contribution in [0.2, 0.25) is 0 Å². The molecule has 4 nitrogen and oxygen atoms in total. The second kappa shape index (κ2) is 4.03. The molecular formula is C9H11N3OS. The van der Waals surface area contributed by atoms with E-state index in [1.807, 2.05) is 5.38 Å². The van der Waals surface area contributed by atoms with Crippen LogP contribution in [-0.2, 0) is 11.2 Å². The lowest BCUT2D eigenvalue weighted by molar-refractivity contribution is 0.0403. The van der Waals surface area contributed by atoms with Gasteiger partial charge in [0.25, 0.3) is 0 Å². The third-order valence-electron chi connectivity index (χ3n) is 2.61. The maximum absolute atomic E-state index is 9.19. The fourth-order valence-electron chi connectivity index (χ4n) is 1.70. The third-order valence-corrected chi connectivity index (χ3v) is 3.17. The summed E-state index contributed by atoms with van der Waals surface area (Å²) in [6, 6.07) is 2.41. The van der Waals surface area contributed by atoms with Gasteiger partial charge in [0.1, 0.15) is 0 Å². The monoisotopic (exact) mass is 209 g/mol. The Kier molecular flexibility index (Phi) is 2.75. The van der Waals surface area contributed by atoms with Crippen molar-refractivity contribution < 1.29 is 4.74 Å². The Morgan fingerprint density at radius 3 is 2.93 bits per heavy atom. The van der Waals surface area contributed by atoms with Crippen molar-refractivity contribution in [2.24, 2.45) is 5.41 Å². The predicted octanol–water partition coefficient (Wildman–Crippen LogP) is 1.40. The van der Waals surface area contributed by atoms with Gasteiger partial charge in [0, 0.05) is 25.0 Å². The molecule has 0 bridgehead atoms.